The van der Waals surface area contributed by atoms with Gasteiger partial charge in [-0.1, -0.05) is 5.21 Å². The summed E-state index contributed by atoms with van der Waals surface area (Å²) in [5.74, 6) is -6.55. The number of carbonyl (C=O) groups excluding carboxylic acids is 2. The number of ether oxygens (including phenoxy) is 1. The molecule has 0 N–H and O–H groups in total. The molecule has 3 aromatic rings. The monoisotopic (exact) mass is 568 g/mol. The number of non-ortho nitro benzene ring substituents is 1. The normalized spacial score (nSPS) is 16.5. The Morgan fingerprint density at radius 2 is 1.73 bits per heavy atom. The molecule has 2 aromatic carbocycles. The quantitative estimate of drug-likeness (QED) is 0.145. The molecule has 40 heavy (non-hydrogen) atoms. The molecule has 18 heteroatoms. The highest BCUT2D eigenvalue weighted by molar-refractivity contribution is 5.90. The van der Waals surface area contributed by atoms with Crippen LogP contribution in [0.15, 0.2) is 41.8 Å². The van der Waals surface area contributed by atoms with Gasteiger partial charge in [-0.25, -0.2) is 36.4 Å². The summed E-state index contributed by atoms with van der Waals surface area (Å²) >= 11 is 0. The number of hydrazone groups is 1. The summed E-state index contributed by atoms with van der Waals surface area (Å²) in [5, 5.41) is 22.3. The maximum absolute atomic E-state index is 14.6. The number of anilines is 2. The van der Waals surface area contributed by atoms with Crippen LogP contribution < -0.4 is 9.80 Å². The molecule has 2 aliphatic heterocycles. The van der Waals surface area contributed by atoms with Crippen molar-refractivity contribution in [3.05, 3.63) is 75.9 Å². The molecule has 0 unspecified atom stereocenters. The summed E-state index contributed by atoms with van der Waals surface area (Å²) in [7, 11) is 0. The lowest BCUT2D eigenvalue weighted by Crippen LogP contribution is -2.38. The predicted octanol–water partition coefficient (Wildman–Crippen LogP) is 2.82. The average Bonchev–Trinajstić information content (AvgIpc) is 3.56. The minimum absolute atomic E-state index is 0.0494. The molecule has 2 aliphatic rings. The van der Waals surface area contributed by atoms with E-state index in [4.69, 9.17) is 4.74 Å². The maximum Gasteiger partial charge on any atom is 0.414 e. The Labute approximate surface area is 220 Å². The molecular formula is C22H17F5N8O5. The SMILES string of the molecule is O=CN1CCN(c2c(F)cc(N3C[C@H](Cn4ccnn4)OC3=O)cc2F)C=N1.O=[N+]([O-])c1cc(F)c(F)c(F)c1. The van der Waals surface area contributed by atoms with Crippen LogP contribution in [0, 0.1) is 39.2 Å². The molecular weight excluding hydrogens is 551 g/mol. The van der Waals surface area contributed by atoms with Crippen molar-refractivity contribution in [3.63, 3.8) is 0 Å². The number of nitro groups is 1. The first-order chi connectivity index (χ1) is 19.1. The number of nitrogens with zero attached hydrogens (tertiary/aromatic N) is 8. The third kappa shape index (κ3) is 6.11. The minimum atomic E-state index is -1.71. The zero-order chi connectivity index (χ0) is 29.0. The summed E-state index contributed by atoms with van der Waals surface area (Å²) in [5.41, 5.74) is -1.07. The van der Waals surface area contributed by atoms with Crippen molar-refractivity contribution in [2.45, 2.75) is 12.6 Å². The van der Waals surface area contributed by atoms with Crippen LogP contribution in [0.5, 0.6) is 0 Å². The molecule has 1 saturated heterocycles. The van der Waals surface area contributed by atoms with Crippen LogP contribution in [0.2, 0.25) is 0 Å². The van der Waals surface area contributed by atoms with Gasteiger partial charge < -0.3 is 9.64 Å². The van der Waals surface area contributed by atoms with E-state index in [0.29, 0.717) is 18.5 Å². The number of carbonyl (C=O) groups is 2. The number of benzene rings is 2. The lowest BCUT2D eigenvalue weighted by molar-refractivity contribution is -0.385. The second-order valence-corrected chi connectivity index (χ2v) is 8.17. The lowest BCUT2D eigenvalue weighted by Gasteiger charge is -2.27. The van der Waals surface area contributed by atoms with Crippen molar-refractivity contribution < 1.29 is 41.2 Å². The van der Waals surface area contributed by atoms with Gasteiger partial charge in [0.2, 0.25) is 6.41 Å². The van der Waals surface area contributed by atoms with Crippen LogP contribution >= 0.6 is 0 Å². The first kappa shape index (κ1) is 27.9. The molecule has 1 atom stereocenters. The summed E-state index contributed by atoms with van der Waals surface area (Å²) in [6.45, 7) is 0.781. The summed E-state index contributed by atoms with van der Waals surface area (Å²) in [4.78, 5) is 34.2. The molecule has 0 radical (unpaired) electrons. The molecule has 2 amide bonds. The van der Waals surface area contributed by atoms with E-state index < -0.39 is 51.9 Å². The molecule has 1 aromatic heterocycles. The van der Waals surface area contributed by atoms with Gasteiger partial charge in [0.1, 0.15) is 18.1 Å². The fraction of sp³-hybridized carbons (Fsp3) is 0.227. The highest BCUT2D eigenvalue weighted by Crippen LogP contribution is 2.31. The van der Waals surface area contributed by atoms with E-state index in [1.54, 1.807) is 6.20 Å². The first-order valence-corrected chi connectivity index (χ1v) is 11.2. The third-order valence-electron chi connectivity index (χ3n) is 5.55. The van der Waals surface area contributed by atoms with Gasteiger partial charge >= 0.3 is 6.09 Å². The van der Waals surface area contributed by atoms with E-state index in [-0.39, 0.29) is 37.6 Å². The molecule has 1 fully saturated rings. The molecule has 0 spiro atoms. The van der Waals surface area contributed by atoms with Gasteiger partial charge in [0.25, 0.3) is 5.69 Å². The predicted molar refractivity (Wildman–Crippen MR) is 126 cm³/mol. The number of halogens is 5. The van der Waals surface area contributed by atoms with Gasteiger partial charge in [0.15, 0.2) is 29.1 Å². The minimum Gasteiger partial charge on any atom is -0.442 e. The Balaban J connectivity index is 0.000000259. The van der Waals surface area contributed by atoms with Crippen LogP contribution in [0.3, 0.4) is 0 Å². The second-order valence-electron chi connectivity index (χ2n) is 8.17. The van der Waals surface area contributed by atoms with Crippen LogP contribution in [0.4, 0.5) is 43.8 Å². The van der Waals surface area contributed by atoms with E-state index in [0.717, 1.165) is 22.0 Å². The zero-order valence-electron chi connectivity index (χ0n) is 20.0. The number of rotatable bonds is 6. The summed E-state index contributed by atoms with van der Waals surface area (Å²) < 4.78 is 72.8. The van der Waals surface area contributed by atoms with E-state index in [1.807, 2.05) is 0 Å². The van der Waals surface area contributed by atoms with Crippen molar-refractivity contribution in [2.24, 2.45) is 5.10 Å². The Morgan fingerprint density at radius 1 is 1.05 bits per heavy atom. The highest BCUT2D eigenvalue weighted by atomic mass is 19.2. The Hall–Kier alpha value is -5.16. The smallest absolute Gasteiger partial charge is 0.414 e. The van der Waals surface area contributed by atoms with Crippen LogP contribution in [0.1, 0.15) is 0 Å². The second kappa shape index (κ2) is 11.7. The largest absolute Gasteiger partial charge is 0.442 e. The fourth-order valence-corrected chi connectivity index (χ4v) is 3.70. The number of cyclic esters (lactones) is 1. The molecule has 0 saturated carbocycles. The number of aromatic nitrogens is 3. The van der Waals surface area contributed by atoms with E-state index >= 15 is 0 Å². The molecule has 3 heterocycles. The summed E-state index contributed by atoms with van der Waals surface area (Å²) in [6.07, 6.45) is 3.60. The van der Waals surface area contributed by atoms with Gasteiger partial charge in [0.05, 0.1) is 48.6 Å². The van der Waals surface area contributed by atoms with Crippen molar-refractivity contribution in [3.8, 4) is 0 Å². The number of nitro benzene ring substituents is 1. The Morgan fingerprint density at radius 3 is 2.25 bits per heavy atom. The van der Waals surface area contributed by atoms with Gasteiger partial charge in [-0.15, -0.1) is 5.10 Å². The number of hydrogen-bond acceptors (Lipinski definition) is 9. The molecule has 0 aliphatic carbocycles. The molecule has 0 bridgehead atoms. The van der Waals surface area contributed by atoms with Gasteiger partial charge in [-0.2, -0.15) is 5.10 Å². The zero-order valence-corrected chi connectivity index (χ0v) is 20.0. The lowest BCUT2D eigenvalue weighted by atomic mass is 10.2. The Kier molecular flexibility index (Phi) is 8.15. The van der Waals surface area contributed by atoms with Crippen molar-refractivity contribution in [2.75, 3.05) is 29.4 Å². The van der Waals surface area contributed by atoms with E-state index in [9.17, 15) is 41.7 Å². The molecule has 210 valence electrons. The van der Waals surface area contributed by atoms with E-state index in [1.165, 1.54) is 22.1 Å². The van der Waals surface area contributed by atoms with Crippen molar-refractivity contribution in [1.82, 2.24) is 20.0 Å². The fourth-order valence-electron chi connectivity index (χ4n) is 3.70. The molecule has 5 rings (SSSR count). The standard InChI is InChI=1S/C16H15F2N7O3.C6H2F3NO2/c17-13-5-11(6-14(18)15(13)22-3-4-24(10-26)20-9-22)25-8-12(28-16(25)27)7-23-2-1-19-21-23;7-4-1-3(10(11)12)2-5(8)6(4)9/h1-2,5-6,9-10,12H,3-4,7-8H2;1-2H/t12-;/m0./s1. The van der Waals surface area contributed by atoms with Gasteiger partial charge in [-0.05, 0) is 0 Å². The van der Waals surface area contributed by atoms with Crippen LogP contribution in [-0.4, -0.2) is 69.5 Å². The maximum atomic E-state index is 14.6. The number of amides is 2. The number of hydrogen-bond donors (Lipinski definition) is 0. The van der Waals surface area contributed by atoms with Crippen molar-refractivity contribution >= 4 is 35.9 Å². The van der Waals surface area contributed by atoms with Crippen molar-refractivity contribution in [1.29, 1.82) is 0 Å². The van der Waals surface area contributed by atoms with Crippen LogP contribution in [-0.2, 0) is 16.1 Å². The highest BCUT2D eigenvalue weighted by Gasteiger charge is 2.34. The van der Waals surface area contributed by atoms with Crippen LogP contribution in [0.25, 0.3) is 0 Å². The summed E-state index contributed by atoms with van der Waals surface area (Å²) in [6, 6.07) is 2.77. The van der Waals surface area contributed by atoms with Gasteiger partial charge in [-0.3, -0.25) is 19.8 Å². The molecule has 13 nitrogen and oxygen atoms in total. The topological polar surface area (TPSA) is 139 Å². The van der Waals surface area contributed by atoms with Gasteiger partial charge in [0, 0.05) is 24.9 Å². The Bertz CT molecular complexity index is 1410. The first-order valence-electron chi connectivity index (χ1n) is 11.2. The van der Waals surface area contributed by atoms with E-state index in [2.05, 4.69) is 15.4 Å². The third-order valence-corrected chi connectivity index (χ3v) is 5.55. The average molecular weight is 568 g/mol.